The van der Waals surface area contributed by atoms with E-state index < -0.39 is 8.25 Å². The van der Waals surface area contributed by atoms with Crippen molar-refractivity contribution in [3.05, 3.63) is 18.5 Å². The number of aromatic nitrogens is 2. The fraction of sp³-hybridized carbons (Fsp3) is 0. The third kappa shape index (κ3) is 25.2. The van der Waals surface area contributed by atoms with Crippen molar-refractivity contribution in [2.45, 2.75) is 0 Å². The number of nitrogens with zero attached hydrogens (tertiary/aromatic N) is 1. The molecule has 1 aromatic rings. The van der Waals surface area contributed by atoms with Crippen molar-refractivity contribution >= 4 is 37.8 Å². The Balaban J connectivity index is -0.000000101. The van der Waals surface area contributed by atoms with E-state index in [0.29, 0.717) is 0 Å². The summed E-state index contributed by atoms with van der Waals surface area (Å²) in [6.07, 6.45) is 3.46. The second kappa shape index (κ2) is 12.9. The van der Waals surface area contributed by atoms with E-state index in [4.69, 9.17) is 14.4 Å². The molecule has 8 heteroatoms. The van der Waals surface area contributed by atoms with Gasteiger partial charge in [-0.2, -0.15) is 5.10 Å². The van der Waals surface area contributed by atoms with Crippen LogP contribution in [0.1, 0.15) is 0 Å². The zero-order valence-corrected chi connectivity index (χ0v) is 5.98. The molecule has 6 nitrogen and oxygen atoms in total. The van der Waals surface area contributed by atoms with Crippen molar-refractivity contribution in [1.29, 1.82) is 0 Å². The summed E-state index contributed by atoms with van der Waals surface area (Å²) in [6, 6.07) is 1.83. The molecule has 5 N–H and O–H groups in total. The minimum atomic E-state index is -3.13. The quantitative estimate of drug-likeness (QED) is 0.335. The van der Waals surface area contributed by atoms with Crippen LogP contribution in [-0.2, 0) is 4.57 Å². The molecule has 1 rings (SSSR count). The first-order valence-electron chi connectivity index (χ1n) is 2.09. The van der Waals surface area contributed by atoms with Crippen molar-refractivity contribution in [2.75, 3.05) is 0 Å². The molecule has 0 fully saturated rings. The Hall–Kier alpha value is 0.320. The number of hydrogen-bond donors (Lipinski definition) is 3. The van der Waals surface area contributed by atoms with Gasteiger partial charge >= 0.3 is 37.8 Å². The first kappa shape index (κ1) is 17.4. The molecule has 0 unspecified atom stereocenters. The molecule has 0 aliphatic carbocycles. The van der Waals surface area contributed by atoms with E-state index in [1.807, 2.05) is 6.07 Å². The minimum Gasteiger partial charge on any atom is -0.286 e. The van der Waals surface area contributed by atoms with Gasteiger partial charge in [-0.1, -0.05) is 0 Å². The van der Waals surface area contributed by atoms with Crippen LogP contribution in [0.15, 0.2) is 18.5 Å². The van der Waals surface area contributed by atoms with Gasteiger partial charge in [0.05, 0.1) is 0 Å². The van der Waals surface area contributed by atoms with Crippen LogP contribution < -0.4 is 0 Å². The first-order chi connectivity index (χ1) is 4.23. The third-order valence-corrected chi connectivity index (χ3v) is 0.406. The van der Waals surface area contributed by atoms with E-state index >= 15 is 0 Å². The Kier molecular flexibility index (Phi) is 20.5. The normalized spacial score (nSPS) is 6.82. The summed E-state index contributed by atoms with van der Waals surface area (Å²) in [5.74, 6) is 0. The molecule has 0 aliphatic rings. The number of nitrogens with one attached hydrogen (secondary N) is 1. The summed E-state index contributed by atoms with van der Waals surface area (Å²) in [5, 5.41) is 6.21. The van der Waals surface area contributed by atoms with E-state index in [-0.39, 0.29) is 35.0 Å². The van der Waals surface area contributed by atoms with Gasteiger partial charge in [-0.15, -0.1) is 0 Å². The average molecular weight is 192 g/mol. The van der Waals surface area contributed by atoms with Crippen LogP contribution in [0.3, 0.4) is 0 Å². The summed E-state index contributed by atoms with van der Waals surface area (Å²) >= 11 is 0. The summed E-state index contributed by atoms with van der Waals surface area (Å²) in [4.78, 5) is 14.3. The van der Waals surface area contributed by atoms with Gasteiger partial charge in [0.1, 0.15) is 0 Å². The molecule has 11 heavy (non-hydrogen) atoms. The molecule has 0 saturated heterocycles. The van der Waals surface area contributed by atoms with Crippen LogP contribution in [0.25, 0.3) is 0 Å². The van der Waals surface area contributed by atoms with E-state index in [0.717, 1.165) is 0 Å². The standard InChI is InChI=1S/C3H4N2.Na.H3O3P.H2O.H/c1-2-4-5-3-1;;1-4(2)3;;/h1-3H,(H,4,5);;4H,(H2,1,2,3);1H2;. The molecule has 0 spiro atoms. The molecule has 0 atom stereocenters. The van der Waals surface area contributed by atoms with Gasteiger partial charge in [0.2, 0.25) is 0 Å². The van der Waals surface area contributed by atoms with Gasteiger partial charge in [-0.25, -0.2) is 0 Å². The second-order valence-corrected chi connectivity index (χ2v) is 1.61. The molecule has 0 radical (unpaired) electrons. The fourth-order valence-corrected chi connectivity index (χ4v) is 0.215. The number of rotatable bonds is 0. The van der Waals surface area contributed by atoms with E-state index in [1.54, 1.807) is 12.4 Å². The fourth-order valence-electron chi connectivity index (χ4n) is 0.215. The average Bonchev–Trinajstić information content (AvgIpc) is 2.11. The Morgan fingerprint density at radius 2 is 1.91 bits per heavy atom. The van der Waals surface area contributed by atoms with Gasteiger partial charge in [0.25, 0.3) is 0 Å². The maximum absolute atomic E-state index is 8.74. The Bertz CT molecular complexity index is 137. The summed E-state index contributed by atoms with van der Waals surface area (Å²) < 4.78 is 8.74. The molecule has 0 bridgehead atoms. The molecule has 1 heterocycles. The topological polar surface area (TPSA) is 118 Å². The van der Waals surface area contributed by atoms with E-state index in [9.17, 15) is 0 Å². The van der Waals surface area contributed by atoms with Gasteiger partial charge < -0.3 is 15.3 Å². The molecule has 0 amide bonds. The number of aromatic amines is 1. The van der Waals surface area contributed by atoms with Gasteiger partial charge in [0.15, 0.2) is 0 Å². The summed E-state index contributed by atoms with van der Waals surface area (Å²) in [5.41, 5.74) is 0. The largest absolute Gasteiger partial charge is 0.286 e. The second-order valence-electron chi connectivity index (χ2n) is 1.05. The van der Waals surface area contributed by atoms with Gasteiger partial charge in [-0.05, 0) is 6.07 Å². The SMILES string of the molecule is O.O=[PH](O)O.[NaH].c1cn[nH]c1. The smallest absolute Gasteiger partial charge is 0.0487 e. The summed E-state index contributed by atoms with van der Waals surface area (Å²) in [7, 11) is -3.13. The van der Waals surface area contributed by atoms with Crippen molar-refractivity contribution in [1.82, 2.24) is 10.2 Å². The molecule has 62 valence electrons. The van der Waals surface area contributed by atoms with Gasteiger partial charge in [-0.3, -0.25) is 9.66 Å². The Morgan fingerprint density at radius 1 is 1.45 bits per heavy atom. The molecule has 0 aromatic carbocycles. The zero-order valence-electron chi connectivity index (χ0n) is 4.98. The maximum Gasteiger partial charge on any atom is 0.0487 e. The van der Waals surface area contributed by atoms with Crippen molar-refractivity contribution in [2.24, 2.45) is 0 Å². The van der Waals surface area contributed by atoms with Crippen LogP contribution in [0, 0.1) is 0 Å². The minimum absolute atomic E-state index is 0. The van der Waals surface area contributed by atoms with Crippen molar-refractivity contribution in [3.8, 4) is 0 Å². The van der Waals surface area contributed by atoms with E-state index in [1.165, 1.54) is 0 Å². The number of hydrogen-bond acceptors (Lipinski definition) is 2. The Labute approximate surface area is 86.2 Å². The molecule has 1 aromatic heterocycles. The first-order valence-corrected chi connectivity index (χ1v) is 3.39. The Morgan fingerprint density at radius 3 is 2.00 bits per heavy atom. The molecular weight excluding hydrogens is 182 g/mol. The molecule has 0 saturated carbocycles. The number of H-pyrrole nitrogens is 1. The van der Waals surface area contributed by atoms with Crippen LogP contribution in [0.4, 0.5) is 0 Å². The van der Waals surface area contributed by atoms with Gasteiger partial charge in [0, 0.05) is 12.4 Å². The molecule has 0 aliphatic heterocycles. The predicted molar refractivity (Wildman–Crippen MR) is 42.8 cm³/mol. The summed E-state index contributed by atoms with van der Waals surface area (Å²) in [6.45, 7) is 0. The maximum atomic E-state index is 8.74. The van der Waals surface area contributed by atoms with E-state index in [2.05, 4.69) is 10.2 Å². The zero-order chi connectivity index (χ0) is 7.11. The van der Waals surface area contributed by atoms with Crippen molar-refractivity contribution < 1.29 is 19.8 Å². The van der Waals surface area contributed by atoms with Crippen LogP contribution in [0.2, 0.25) is 0 Å². The predicted octanol–water partition coefficient (Wildman–Crippen LogP) is -1.70. The van der Waals surface area contributed by atoms with Crippen molar-refractivity contribution in [3.63, 3.8) is 0 Å². The molecular formula is C3H10N2NaO4P. The monoisotopic (exact) mass is 192 g/mol. The van der Waals surface area contributed by atoms with Crippen LogP contribution in [-0.4, -0.2) is 55.0 Å². The third-order valence-electron chi connectivity index (χ3n) is 0.406. The van der Waals surface area contributed by atoms with Crippen LogP contribution >= 0.6 is 8.25 Å². The van der Waals surface area contributed by atoms with Crippen LogP contribution in [0.5, 0.6) is 0 Å².